The molecule has 0 N–H and O–H groups in total. The van der Waals surface area contributed by atoms with Crippen molar-refractivity contribution >= 4 is 22.0 Å². The van der Waals surface area contributed by atoms with Crippen molar-refractivity contribution in [1.82, 2.24) is 14.7 Å². The minimum atomic E-state index is -0.440. The first-order valence-electron chi connectivity index (χ1n) is 6.95. The van der Waals surface area contributed by atoms with E-state index >= 15 is 0 Å². The van der Waals surface area contributed by atoms with Gasteiger partial charge in [-0.15, -0.1) is 0 Å². The molecular weight excluding hydrogens is 322 g/mol. The van der Waals surface area contributed by atoms with Crippen LogP contribution in [0.5, 0.6) is 0 Å². The fraction of sp³-hybridized carbons (Fsp3) is 0.714. The zero-order valence-electron chi connectivity index (χ0n) is 12.5. The molecule has 6 heteroatoms. The Morgan fingerprint density at radius 3 is 2.70 bits per heavy atom. The van der Waals surface area contributed by atoms with Crippen LogP contribution in [-0.4, -0.2) is 39.5 Å². The molecule has 0 spiro atoms. The third kappa shape index (κ3) is 3.75. The highest BCUT2D eigenvalue weighted by molar-refractivity contribution is 9.10. The van der Waals surface area contributed by atoms with E-state index in [4.69, 9.17) is 4.74 Å². The monoisotopic (exact) mass is 343 g/mol. The summed E-state index contributed by atoms with van der Waals surface area (Å²) in [6, 6.07) is 2.27. The van der Waals surface area contributed by atoms with Gasteiger partial charge in [-0.2, -0.15) is 5.10 Å². The predicted octanol–water partition coefficient (Wildman–Crippen LogP) is 3.46. The van der Waals surface area contributed by atoms with Crippen molar-refractivity contribution in [2.24, 2.45) is 5.92 Å². The van der Waals surface area contributed by atoms with Crippen molar-refractivity contribution < 1.29 is 9.53 Å². The van der Waals surface area contributed by atoms with Crippen molar-refractivity contribution in [1.29, 1.82) is 0 Å². The summed E-state index contributed by atoms with van der Waals surface area (Å²) >= 11 is 3.37. The first-order chi connectivity index (χ1) is 9.26. The lowest BCUT2D eigenvalue weighted by molar-refractivity contribution is 0.0118. The van der Waals surface area contributed by atoms with Gasteiger partial charge in [-0.1, -0.05) is 6.92 Å². The van der Waals surface area contributed by atoms with Gasteiger partial charge in [-0.3, -0.25) is 4.68 Å². The van der Waals surface area contributed by atoms with E-state index in [1.165, 1.54) is 0 Å². The number of likely N-dealkylation sites (tertiary alicyclic amines) is 1. The quantitative estimate of drug-likeness (QED) is 0.784. The smallest absolute Gasteiger partial charge is 0.410 e. The molecule has 1 saturated heterocycles. The lowest BCUT2D eigenvalue weighted by atomic mass is 9.94. The average Bonchev–Trinajstić information content (AvgIpc) is 2.73. The Balaban J connectivity index is 1.97. The minimum Gasteiger partial charge on any atom is -0.444 e. The van der Waals surface area contributed by atoms with Gasteiger partial charge in [0.15, 0.2) is 0 Å². The number of piperidine rings is 1. The molecule has 20 heavy (non-hydrogen) atoms. The van der Waals surface area contributed by atoms with Crippen LogP contribution in [0.3, 0.4) is 0 Å². The third-order valence-electron chi connectivity index (χ3n) is 3.43. The molecular formula is C14H22BrN3O2. The molecule has 1 aliphatic rings. The molecule has 2 unspecified atom stereocenters. The first kappa shape index (κ1) is 15.4. The highest BCUT2D eigenvalue weighted by Gasteiger charge is 2.32. The molecule has 1 aromatic heterocycles. The Kier molecular flexibility index (Phi) is 4.42. The van der Waals surface area contributed by atoms with E-state index in [-0.39, 0.29) is 6.09 Å². The molecule has 2 heterocycles. The van der Waals surface area contributed by atoms with E-state index < -0.39 is 5.60 Å². The zero-order valence-corrected chi connectivity index (χ0v) is 14.1. The number of aromatic nitrogens is 2. The number of nitrogens with zero attached hydrogens (tertiary/aromatic N) is 3. The zero-order chi connectivity index (χ0) is 14.9. The van der Waals surface area contributed by atoms with Crippen LogP contribution in [0.25, 0.3) is 0 Å². The molecule has 2 atom stereocenters. The van der Waals surface area contributed by atoms with E-state index in [0.29, 0.717) is 25.0 Å². The Labute approximate surface area is 128 Å². The number of ether oxygens (including phenoxy) is 1. The molecule has 1 aromatic rings. The first-order valence-corrected chi connectivity index (χ1v) is 7.74. The second kappa shape index (κ2) is 5.76. The number of amides is 1. The summed E-state index contributed by atoms with van der Waals surface area (Å²) in [6.07, 6.45) is 2.66. The van der Waals surface area contributed by atoms with Gasteiger partial charge >= 0.3 is 6.09 Å². The summed E-state index contributed by atoms with van der Waals surface area (Å²) in [5.74, 6) is 0.350. The molecule has 112 valence electrons. The lowest BCUT2D eigenvalue weighted by Crippen LogP contribution is -2.45. The summed E-state index contributed by atoms with van der Waals surface area (Å²) in [5.41, 5.74) is -0.440. The topological polar surface area (TPSA) is 47.4 Å². The van der Waals surface area contributed by atoms with E-state index in [1.807, 2.05) is 37.7 Å². The van der Waals surface area contributed by atoms with Crippen LogP contribution in [0.1, 0.15) is 40.2 Å². The van der Waals surface area contributed by atoms with Gasteiger partial charge in [0.2, 0.25) is 0 Å². The summed E-state index contributed by atoms with van der Waals surface area (Å²) in [7, 11) is 0. The number of hydrogen-bond donors (Lipinski definition) is 0. The van der Waals surface area contributed by atoms with Gasteiger partial charge in [0.05, 0.1) is 6.04 Å². The van der Waals surface area contributed by atoms with Gasteiger partial charge in [-0.25, -0.2) is 4.79 Å². The van der Waals surface area contributed by atoms with Crippen molar-refractivity contribution in [2.75, 3.05) is 13.1 Å². The summed E-state index contributed by atoms with van der Waals surface area (Å²) < 4.78 is 8.26. The van der Waals surface area contributed by atoms with Gasteiger partial charge in [0.1, 0.15) is 10.2 Å². The van der Waals surface area contributed by atoms with Crippen molar-refractivity contribution in [3.8, 4) is 0 Å². The summed E-state index contributed by atoms with van der Waals surface area (Å²) in [5, 5.41) is 4.41. The fourth-order valence-corrected chi connectivity index (χ4v) is 2.82. The Bertz CT molecular complexity index is 481. The molecule has 0 aromatic carbocycles. The molecule has 0 aliphatic carbocycles. The normalized spacial score (nSPS) is 23.8. The summed E-state index contributed by atoms with van der Waals surface area (Å²) in [6.45, 7) is 9.24. The molecule has 5 nitrogen and oxygen atoms in total. The van der Waals surface area contributed by atoms with Gasteiger partial charge in [-0.05, 0) is 55.1 Å². The molecule has 0 saturated carbocycles. The van der Waals surface area contributed by atoms with Crippen LogP contribution in [0.4, 0.5) is 4.79 Å². The van der Waals surface area contributed by atoms with Crippen molar-refractivity contribution in [3.05, 3.63) is 16.9 Å². The maximum absolute atomic E-state index is 12.1. The maximum atomic E-state index is 12.1. The van der Waals surface area contributed by atoms with E-state index in [0.717, 1.165) is 11.0 Å². The summed E-state index contributed by atoms with van der Waals surface area (Å²) in [4.78, 5) is 13.9. The fourth-order valence-electron chi connectivity index (χ4n) is 2.52. The van der Waals surface area contributed by atoms with Gasteiger partial charge in [0.25, 0.3) is 0 Å². The van der Waals surface area contributed by atoms with Crippen LogP contribution in [-0.2, 0) is 4.74 Å². The molecule has 1 amide bonds. The van der Waals surface area contributed by atoms with Crippen LogP contribution in [0, 0.1) is 5.92 Å². The molecule has 1 fully saturated rings. The SMILES string of the molecule is CC1CN(C(=O)OC(C)(C)C)CCC1n1ccc(Br)n1. The second-order valence-electron chi connectivity index (χ2n) is 6.38. The number of hydrogen-bond acceptors (Lipinski definition) is 3. The second-order valence-corrected chi connectivity index (χ2v) is 7.19. The maximum Gasteiger partial charge on any atom is 0.410 e. The molecule has 2 rings (SSSR count). The van der Waals surface area contributed by atoms with Gasteiger partial charge in [0, 0.05) is 19.3 Å². The van der Waals surface area contributed by atoms with Crippen LogP contribution in [0.2, 0.25) is 0 Å². The minimum absolute atomic E-state index is 0.218. The van der Waals surface area contributed by atoms with Crippen molar-refractivity contribution in [3.63, 3.8) is 0 Å². The number of carbonyl (C=O) groups is 1. The predicted molar refractivity (Wildman–Crippen MR) is 80.6 cm³/mol. The van der Waals surface area contributed by atoms with E-state index in [9.17, 15) is 4.79 Å². The highest BCUT2D eigenvalue weighted by atomic mass is 79.9. The largest absolute Gasteiger partial charge is 0.444 e. The van der Waals surface area contributed by atoms with Crippen LogP contribution < -0.4 is 0 Å². The third-order valence-corrected chi connectivity index (χ3v) is 3.85. The van der Waals surface area contributed by atoms with Crippen LogP contribution in [0.15, 0.2) is 16.9 Å². The molecule has 0 radical (unpaired) electrons. The number of rotatable bonds is 1. The molecule has 0 bridgehead atoms. The number of halogens is 1. The Hall–Kier alpha value is -1.04. The molecule has 1 aliphatic heterocycles. The van der Waals surface area contributed by atoms with E-state index in [1.54, 1.807) is 4.90 Å². The standard InChI is InChI=1S/C14H22BrN3O2/c1-10-9-17(13(19)20-14(2,3)4)7-5-11(10)18-8-6-12(15)16-18/h6,8,10-11H,5,7,9H2,1-4H3. The van der Waals surface area contributed by atoms with E-state index in [2.05, 4.69) is 28.0 Å². The Morgan fingerprint density at radius 2 is 2.20 bits per heavy atom. The lowest BCUT2D eigenvalue weighted by Gasteiger charge is -2.37. The number of carbonyl (C=O) groups excluding carboxylic acids is 1. The average molecular weight is 344 g/mol. The highest BCUT2D eigenvalue weighted by Crippen LogP contribution is 2.28. The Morgan fingerprint density at radius 1 is 1.50 bits per heavy atom. The van der Waals surface area contributed by atoms with Crippen LogP contribution >= 0.6 is 15.9 Å². The van der Waals surface area contributed by atoms with Gasteiger partial charge < -0.3 is 9.64 Å². The van der Waals surface area contributed by atoms with Crippen molar-refractivity contribution in [2.45, 2.75) is 45.8 Å².